The first-order valence-corrected chi connectivity index (χ1v) is 6.72. The highest BCUT2D eigenvalue weighted by molar-refractivity contribution is 5.73. The van der Waals surface area contributed by atoms with Gasteiger partial charge in [-0.15, -0.1) is 0 Å². The van der Waals surface area contributed by atoms with Gasteiger partial charge in [-0.3, -0.25) is 4.79 Å². The van der Waals surface area contributed by atoms with Crippen molar-refractivity contribution in [1.82, 2.24) is 10.2 Å². The summed E-state index contributed by atoms with van der Waals surface area (Å²) in [4.78, 5) is 23.8. The maximum atomic E-state index is 11.8. The van der Waals surface area contributed by atoms with Crippen LogP contribution < -0.4 is 5.32 Å². The van der Waals surface area contributed by atoms with Gasteiger partial charge in [0.25, 0.3) is 0 Å². The van der Waals surface area contributed by atoms with Crippen LogP contribution in [0.5, 0.6) is 0 Å². The summed E-state index contributed by atoms with van der Waals surface area (Å²) in [5, 5.41) is 11.4. The number of amides is 2. The van der Waals surface area contributed by atoms with Crippen molar-refractivity contribution in [2.45, 2.75) is 32.7 Å². The van der Waals surface area contributed by atoms with Gasteiger partial charge in [0.05, 0.1) is 12.8 Å². The van der Waals surface area contributed by atoms with Gasteiger partial charge in [0.2, 0.25) is 0 Å². The van der Waals surface area contributed by atoms with E-state index in [9.17, 15) is 9.59 Å². The quantitative estimate of drug-likeness (QED) is 0.766. The first-order valence-electron chi connectivity index (χ1n) is 6.72. The molecule has 0 bridgehead atoms. The molecule has 0 saturated carbocycles. The Morgan fingerprint density at radius 1 is 1.45 bits per heavy atom. The highest BCUT2D eigenvalue weighted by atomic mass is 16.4. The number of carbonyl (C=O) groups is 2. The van der Waals surface area contributed by atoms with E-state index in [1.807, 2.05) is 13.0 Å². The van der Waals surface area contributed by atoms with Crippen molar-refractivity contribution in [3.63, 3.8) is 0 Å². The average molecular weight is 282 g/mol. The molecule has 1 rings (SSSR count). The van der Waals surface area contributed by atoms with Crippen LogP contribution in [0.3, 0.4) is 0 Å². The number of nitrogens with zero attached hydrogens (tertiary/aromatic N) is 1. The minimum atomic E-state index is -0.779. The van der Waals surface area contributed by atoms with Gasteiger partial charge in [-0.2, -0.15) is 0 Å². The van der Waals surface area contributed by atoms with Crippen LogP contribution >= 0.6 is 0 Å². The molecule has 6 heteroatoms. The maximum absolute atomic E-state index is 11.8. The molecule has 0 aromatic carbocycles. The lowest BCUT2D eigenvalue weighted by molar-refractivity contribution is -0.137. The highest BCUT2D eigenvalue weighted by Crippen LogP contribution is 2.09. The van der Waals surface area contributed by atoms with Gasteiger partial charge >= 0.3 is 12.0 Å². The number of hydrogen-bond donors (Lipinski definition) is 2. The Morgan fingerprint density at radius 2 is 2.20 bits per heavy atom. The number of aliphatic carboxylic acids is 1. The fourth-order valence-corrected chi connectivity index (χ4v) is 1.78. The largest absolute Gasteiger partial charge is 0.481 e. The molecule has 2 N–H and O–H groups in total. The maximum Gasteiger partial charge on any atom is 0.317 e. The zero-order chi connectivity index (χ0) is 15.0. The van der Waals surface area contributed by atoms with Crippen molar-refractivity contribution in [3.8, 4) is 0 Å². The van der Waals surface area contributed by atoms with E-state index >= 15 is 0 Å². The second kappa shape index (κ2) is 8.24. The lowest BCUT2D eigenvalue weighted by Crippen LogP contribution is -2.37. The third-order valence-corrected chi connectivity index (χ3v) is 3.08. The second-order valence-electron chi connectivity index (χ2n) is 4.99. The van der Waals surface area contributed by atoms with E-state index in [1.54, 1.807) is 24.3 Å². The summed E-state index contributed by atoms with van der Waals surface area (Å²) < 4.78 is 5.17. The summed E-state index contributed by atoms with van der Waals surface area (Å²) in [6.45, 7) is 2.96. The highest BCUT2D eigenvalue weighted by Gasteiger charge is 2.11. The molecule has 1 heterocycles. The molecule has 1 atom stereocenters. The molecule has 6 nitrogen and oxygen atoms in total. The van der Waals surface area contributed by atoms with E-state index in [-0.39, 0.29) is 18.4 Å². The monoisotopic (exact) mass is 282 g/mol. The Bertz CT molecular complexity index is 417. The van der Waals surface area contributed by atoms with Gasteiger partial charge in [0, 0.05) is 20.0 Å². The molecule has 0 aliphatic heterocycles. The SMILES string of the molecule is CC(CCNC(=O)N(C)Cc1ccco1)CCC(=O)O. The van der Waals surface area contributed by atoms with Crippen LogP contribution in [0.1, 0.15) is 31.9 Å². The fraction of sp³-hybridized carbons (Fsp3) is 0.571. The zero-order valence-corrected chi connectivity index (χ0v) is 12.0. The lowest BCUT2D eigenvalue weighted by atomic mass is 10.0. The molecule has 0 aliphatic carbocycles. The van der Waals surface area contributed by atoms with Crippen LogP contribution in [-0.2, 0) is 11.3 Å². The number of furan rings is 1. The molecule has 112 valence electrons. The summed E-state index contributed by atoms with van der Waals surface area (Å²) >= 11 is 0. The van der Waals surface area contributed by atoms with Crippen molar-refractivity contribution >= 4 is 12.0 Å². The van der Waals surface area contributed by atoms with E-state index in [2.05, 4.69) is 5.32 Å². The van der Waals surface area contributed by atoms with Gasteiger partial charge < -0.3 is 19.7 Å². The molecular formula is C14H22N2O4. The van der Waals surface area contributed by atoms with E-state index in [1.165, 1.54) is 0 Å². The van der Waals surface area contributed by atoms with E-state index in [0.717, 1.165) is 12.2 Å². The predicted molar refractivity (Wildman–Crippen MR) is 74.2 cm³/mol. The Kier molecular flexibility index (Phi) is 6.63. The third kappa shape index (κ3) is 6.26. The third-order valence-electron chi connectivity index (χ3n) is 3.08. The summed E-state index contributed by atoms with van der Waals surface area (Å²) in [5.74, 6) is 0.235. The predicted octanol–water partition coefficient (Wildman–Crippen LogP) is 2.31. The number of hydrogen-bond acceptors (Lipinski definition) is 3. The number of nitrogens with one attached hydrogen (secondary N) is 1. The number of carboxylic acids is 1. The molecule has 0 fully saturated rings. The van der Waals surface area contributed by atoms with E-state index in [0.29, 0.717) is 19.5 Å². The van der Waals surface area contributed by atoms with Gasteiger partial charge in [0.1, 0.15) is 5.76 Å². The number of carboxylic acid groups (broad SMARTS) is 1. The molecule has 2 amide bonds. The van der Waals surface area contributed by atoms with Crippen LogP contribution in [0.2, 0.25) is 0 Å². The Morgan fingerprint density at radius 3 is 2.80 bits per heavy atom. The smallest absolute Gasteiger partial charge is 0.317 e. The molecule has 20 heavy (non-hydrogen) atoms. The summed E-state index contributed by atoms with van der Waals surface area (Å²) in [6.07, 6.45) is 3.15. The Labute approximate surface area is 118 Å². The normalized spacial score (nSPS) is 11.9. The summed E-state index contributed by atoms with van der Waals surface area (Å²) in [6, 6.07) is 3.44. The van der Waals surface area contributed by atoms with Gasteiger partial charge in [-0.05, 0) is 30.9 Å². The van der Waals surface area contributed by atoms with Gasteiger partial charge in [-0.1, -0.05) is 6.92 Å². The first-order chi connectivity index (χ1) is 9.49. The molecule has 0 spiro atoms. The number of rotatable bonds is 8. The average Bonchev–Trinajstić information content (AvgIpc) is 2.89. The topological polar surface area (TPSA) is 82.8 Å². The summed E-state index contributed by atoms with van der Waals surface area (Å²) in [5.41, 5.74) is 0. The zero-order valence-electron chi connectivity index (χ0n) is 12.0. The molecule has 0 saturated heterocycles. The van der Waals surface area contributed by atoms with Crippen LogP contribution in [0.15, 0.2) is 22.8 Å². The molecule has 1 unspecified atom stereocenters. The fourth-order valence-electron chi connectivity index (χ4n) is 1.78. The standard InChI is InChI=1S/C14H22N2O4/c1-11(5-6-13(17)18)7-8-15-14(19)16(2)10-12-4-3-9-20-12/h3-4,9,11H,5-8,10H2,1-2H3,(H,15,19)(H,17,18). The molecular weight excluding hydrogens is 260 g/mol. The van der Waals surface area contributed by atoms with Crippen molar-refractivity contribution in [3.05, 3.63) is 24.2 Å². The number of carbonyl (C=O) groups excluding carboxylic acids is 1. The van der Waals surface area contributed by atoms with Crippen LogP contribution in [0, 0.1) is 5.92 Å². The minimum Gasteiger partial charge on any atom is -0.481 e. The molecule has 0 radical (unpaired) electrons. The van der Waals surface area contributed by atoms with Crippen molar-refractivity contribution in [1.29, 1.82) is 0 Å². The number of urea groups is 1. The summed E-state index contributed by atoms with van der Waals surface area (Å²) in [7, 11) is 1.70. The van der Waals surface area contributed by atoms with Crippen LogP contribution in [-0.4, -0.2) is 35.6 Å². The van der Waals surface area contributed by atoms with E-state index in [4.69, 9.17) is 9.52 Å². The van der Waals surface area contributed by atoms with E-state index < -0.39 is 5.97 Å². The van der Waals surface area contributed by atoms with Crippen LogP contribution in [0.25, 0.3) is 0 Å². The minimum absolute atomic E-state index is 0.160. The first kappa shape index (κ1) is 16.1. The molecule has 1 aromatic heterocycles. The lowest BCUT2D eigenvalue weighted by Gasteiger charge is -2.17. The van der Waals surface area contributed by atoms with Crippen molar-refractivity contribution in [2.24, 2.45) is 5.92 Å². The van der Waals surface area contributed by atoms with Gasteiger partial charge in [-0.25, -0.2) is 4.79 Å². The Balaban J connectivity index is 2.17. The van der Waals surface area contributed by atoms with Crippen molar-refractivity contribution < 1.29 is 19.1 Å². The Hall–Kier alpha value is -1.98. The molecule has 1 aromatic rings. The van der Waals surface area contributed by atoms with Gasteiger partial charge in [0.15, 0.2) is 0 Å². The van der Waals surface area contributed by atoms with Crippen molar-refractivity contribution in [2.75, 3.05) is 13.6 Å². The molecule has 0 aliphatic rings. The van der Waals surface area contributed by atoms with Crippen LogP contribution in [0.4, 0.5) is 4.79 Å². The second-order valence-corrected chi connectivity index (χ2v) is 4.99.